The second-order valence-corrected chi connectivity index (χ2v) is 3.30. The molecule has 2 rings (SSSR count). The topological polar surface area (TPSA) is 12.9 Å². The fourth-order valence-corrected chi connectivity index (χ4v) is 1.12. The van der Waals surface area contributed by atoms with Crippen molar-refractivity contribution >= 4 is 11.3 Å². The van der Waals surface area contributed by atoms with Crippen molar-refractivity contribution in [2.75, 3.05) is 7.18 Å². The first-order valence-electron chi connectivity index (χ1n) is 5.13. The number of halogens is 1. The molecule has 0 radical (unpaired) electrons. The molecule has 0 N–H and O–H groups in total. The highest BCUT2D eigenvalue weighted by Crippen LogP contribution is 1.98. The van der Waals surface area contributed by atoms with Gasteiger partial charge in [0.15, 0.2) is 0 Å². The summed E-state index contributed by atoms with van der Waals surface area (Å²) >= 11 is 1.67. The molecule has 16 heavy (non-hydrogen) atoms. The van der Waals surface area contributed by atoms with Crippen molar-refractivity contribution in [2.24, 2.45) is 0 Å². The van der Waals surface area contributed by atoms with E-state index in [0.717, 1.165) is 5.01 Å². The van der Waals surface area contributed by atoms with Crippen molar-refractivity contribution in [3.8, 4) is 0 Å². The maximum Gasteiger partial charge on any atom is 0.0893 e. The Kier molecular flexibility index (Phi) is 17.4. The molecule has 3 heteroatoms. The molecule has 1 nitrogen and oxygen atoms in total. The van der Waals surface area contributed by atoms with Crippen LogP contribution in [0.1, 0.15) is 18.9 Å². The van der Waals surface area contributed by atoms with E-state index in [1.54, 1.807) is 17.5 Å². The quantitative estimate of drug-likeness (QED) is 0.648. The molecule has 2 aromatic rings. The van der Waals surface area contributed by atoms with Crippen LogP contribution in [0, 0.1) is 6.92 Å². The van der Waals surface area contributed by atoms with E-state index in [4.69, 9.17) is 0 Å². The summed E-state index contributed by atoms with van der Waals surface area (Å²) in [5.41, 5.74) is 0. The summed E-state index contributed by atoms with van der Waals surface area (Å²) in [6.07, 6.45) is 1.81. The summed E-state index contributed by atoms with van der Waals surface area (Å²) in [4.78, 5) is 3.94. The lowest BCUT2D eigenvalue weighted by atomic mass is 10.4. The number of aryl methyl sites for hydroxylation is 1. The first kappa shape index (κ1) is 17.2. The smallest absolute Gasteiger partial charge is 0.0893 e. The summed E-state index contributed by atoms with van der Waals surface area (Å²) < 4.78 is 9.50. The maximum atomic E-state index is 9.50. The number of thiazole rings is 1. The minimum atomic E-state index is 0.500. The summed E-state index contributed by atoms with van der Waals surface area (Å²) in [6.45, 7) is 5.99. The molecule has 0 aliphatic heterocycles. The molecular formula is C13H20FNS. The number of hydrogen-bond acceptors (Lipinski definition) is 2. The first-order valence-corrected chi connectivity index (χ1v) is 6.01. The summed E-state index contributed by atoms with van der Waals surface area (Å²) in [7, 11) is 0.500. The standard InChI is InChI=1S/C6H6.C4H5NS.C2H6.CH3F/c1-2-4-6-5-3-1;1-4-5-2-3-6-4;2*1-2/h1-6H;2-3H,1H3;1-2H3;1H3. The van der Waals surface area contributed by atoms with Crippen molar-refractivity contribution in [3.05, 3.63) is 53.0 Å². The van der Waals surface area contributed by atoms with E-state index < -0.39 is 0 Å². The predicted molar refractivity (Wildman–Crippen MR) is 71.7 cm³/mol. The highest BCUT2D eigenvalue weighted by Gasteiger charge is 1.76. The minimum absolute atomic E-state index is 0.500. The molecule has 0 unspecified atom stereocenters. The Morgan fingerprint density at radius 2 is 1.31 bits per heavy atom. The monoisotopic (exact) mass is 241 g/mol. The van der Waals surface area contributed by atoms with Crippen LogP contribution in [-0.2, 0) is 0 Å². The minimum Gasteiger partial charge on any atom is -0.255 e. The molecule has 90 valence electrons. The van der Waals surface area contributed by atoms with Gasteiger partial charge in [-0.15, -0.1) is 11.3 Å². The first-order chi connectivity index (χ1) is 7.89. The van der Waals surface area contributed by atoms with Crippen molar-refractivity contribution in [1.82, 2.24) is 4.98 Å². The van der Waals surface area contributed by atoms with Crippen LogP contribution in [-0.4, -0.2) is 12.2 Å². The van der Waals surface area contributed by atoms with Crippen LogP contribution < -0.4 is 0 Å². The molecule has 0 aliphatic rings. The molecule has 0 fully saturated rings. The lowest BCUT2D eigenvalue weighted by Gasteiger charge is -1.69. The van der Waals surface area contributed by atoms with Gasteiger partial charge in [0.1, 0.15) is 0 Å². The van der Waals surface area contributed by atoms with E-state index in [0.29, 0.717) is 7.18 Å². The predicted octanol–water partition coefficient (Wildman–Crippen LogP) is 4.75. The van der Waals surface area contributed by atoms with E-state index in [2.05, 4.69) is 4.98 Å². The third-order valence-corrected chi connectivity index (χ3v) is 1.93. The van der Waals surface area contributed by atoms with E-state index in [9.17, 15) is 4.39 Å². The molecule has 1 aromatic heterocycles. The van der Waals surface area contributed by atoms with Crippen LogP contribution in [0.3, 0.4) is 0 Å². The van der Waals surface area contributed by atoms with Gasteiger partial charge in [0, 0.05) is 11.6 Å². The fourth-order valence-electron chi connectivity index (χ4n) is 0.680. The Morgan fingerprint density at radius 3 is 1.44 bits per heavy atom. The Bertz CT molecular complexity index is 255. The molecule has 0 saturated heterocycles. The van der Waals surface area contributed by atoms with Gasteiger partial charge in [0.2, 0.25) is 0 Å². The molecule has 0 atom stereocenters. The largest absolute Gasteiger partial charge is 0.255 e. The summed E-state index contributed by atoms with van der Waals surface area (Å²) in [5, 5.41) is 3.10. The van der Waals surface area contributed by atoms with Gasteiger partial charge in [-0.2, -0.15) is 0 Å². The summed E-state index contributed by atoms with van der Waals surface area (Å²) in [6, 6.07) is 12.0. The zero-order valence-electron chi connectivity index (χ0n) is 10.4. The highest BCUT2D eigenvalue weighted by molar-refractivity contribution is 7.09. The molecule has 0 amide bonds. The second kappa shape index (κ2) is 16.2. The molecule has 0 bridgehead atoms. The molecule has 1 aromatic carbocycles. The van der Waals surface area contributed by atoms with Gasteiger partial charge in [0.05, 0.1) is 12.2 Å². The normalized spacial score (nSPS) is 7.06. The van der Waals surface area contributed by atoms with Crippen molar-refractivity contribution < 1.29 is 4.39 Å². The number of hydrogen-bond donors (Lipinski definition) is 0. The Hall–Kier alpha value is -1.22. The lowest BCUT2D eigenvalue weighted by molar-refractivity contribution is 0.636. The van der Waals surface area contributed by atoms with Crippen LogP contribution in [0.15, 0.2) is 48.0 Å². The number of rotatable bonds is 0. The summed E-state index contributed by atoms with van der Waals surface area (Å²) in [5.74, 6) is 0. The van der Waals surface area contributed by atoms with Gasteiger partial charge in [-0.3, -0.25) is 9.37 Å². The van der Waals surface area contributed by atoms with Gasteiger partial charge in [-0.25, -0.2) is 0 Å². The van der Waals surface area contributed by atoms with Crippen molar-refractivity contribution in [2.45, 2.75) is 20.8 Å². The SMILES string of the molecule is CC.CF.Cc1nccs1.c1ccccc1. The second-order valence-electron chi connectivity index (χ2n) is 2.21. The van der Waals surface area contributed by atoms with Crippen molar-refractivity contribution in [1.29, 1.82) is 0 Å². The van der Waals surface area contributed by atoms with Crippen LogP contribution in [0.25, 0.3) is 0 Å². The number of aromatic nitrogens is 1. The lowest BCUT2D eigenvalue weighted by Crippen LogP contribution is -1.56. The molecule has 0 spiro atoms. The van der Waals surface area contributed by atoms with Gasteiger partial charge >= 0.3 is 0 Å². The Balaban J connectivity index is 0. The molecule has 1 heterocycles. The highest BCUT2D eigenvalue weighted by atomic mass is 32.1. The van der Waals surface area contributed by atoms with Crippen LogP contribution >= 0.6 is 11.3 Å². The zero-order chi connectivity index (χ0) is 12.6. The van der Waals surface area contributed by atoms with E-state index >= 15 is 0 Å². The van der Waals surface area contributed by atoms with Crippen LogP contribution in [0.4, 0.5) is 4.39 Å². The molecule has 0 aliphatic carbocycles. The van der Waals surface area contributed by atoms with Gasteiger partial charge in [-0.05, 0) is 6.92 Å². The Labute approximate surface area is 102 Å². The van der Waals surface area contributed by atoms with Crippen LogP contribution in [0.5, 0.6) is 0 Å². The van der Waals surface area contributed by atoms with Gasteiger partial charge in [0.25, 0.3) is 0 Å². The van der Waals surface area contributed by atoms with E-state index in [1.807, 2.05) is 62.5 Å². The average molecular weight is 241 g/mol. The van der Waals surface area contributed by atoms with Gasteiger partial charge < -0.3 is 0 Å². The van der Waals surface area contributed by atoms with Crippen LogP contribution in [0.2, 0.25) is 0 Å². The fraction of sp³-hybridized carbons (Fsp3) is 0.308. The van der Waals surface area contributed by atoms with Gasteiger partial charge in [-0.1, -0.05) is 50.2 Å². The third-order valence-electron chi connectivity index (χ3n) is 1.22. The third kappa shape index (κ3) is 12.8. The van der Waals surface area contributed by atoms with E-state index in [-0.39, 0.29) is 0 Å². The maximum absolute atomic E-state index is 9.50. The number of alkyl halides is 1. The Morgan fingerprint density at radius 1 is 0.938 bits per heavy atom. The number of nitrogens with zero attached hydrogens (tertiary/aromatic N) is 1. The molecule has 0 saturated carbocycles. The average Bonchev–Trinajstić information content (AvgIpc) is 2.88. The van der Waals surface area contributed by atoms with Crippen molar-refractivity contribution in [3.63, 3.8) is 0 Å². The van der Waals surface area contributed by atoms with E-state index in [1.165, 1.54) is 0 Å². The number of benzene rings is 1. The molecular weight excluding hydrogens is 221 g/mol. The zero-order valence-corrected chi connectivity index (χ0v) is 11.2.